The summed E-state index contributed by atoms with van der Waals surface area (Å²) < 4.78 is 10.8. The van der Waals surface area contributed by atoms with Crippen molar-refractivity contribution in [3.8, 4) is 11.5 Å². The van der Waals surface area contributed by atoms with Gasteiger partial charge in [-0.25, -0.2) is 0 Å². The van der Waals surface area contributed by atoms with Gasteiger partial charge < -0.3 is 20.1 Å². The van der Waals surface area contributed by atoms with Crippen LogP contribution < -0.4 is 20.1 Å². The Hall–Kier alpha value is -3.04. The van der Waals surface area contributed by atoms with Crippen molar-refractivity contribution in [3.63, 3.8) is 0 Å². The number of Topliss-reactive ketones (excluding diaryl/α,β-unsaturated/α-hetero) is 2. The topological polar surface area (TPSA) is 111 Å². The third kappa shape index (κ3) is 8.73. The van der Waals surface area contributed by atoms with Gasteiger partial charge in [0, 0.05) is 24.2 Å². The van der Waals surface area contributed by atoms with Gasteiger partial charge in [-0.1, -0.05) is 73.4 Å². The van der Waals surface area contributed by atoms with Gasteiger partial charge in [-0.2, -0.15) is 0 Å². The molecule has 0 heterocycles. The Labute approximate surface area is 252 Å². The van der Waals surface area contributed by atoms with E-state index in [2.05, 4.69) is 23.8 Å². The highest BCUT2D eigenvalue weighted by Gasteiger charge is 2.20. The predicted octanol–water partition coefficient (Wildman–Crippen LogP) is 6.29. The van der Waals surface area contributed by atoms with Crippen LogP contribution >= 0.6 is 46.4 Å². The number of allylic oxidation sites excluding steroid dienone is 2. The highest BCUT2D eigenvalue weighted by Crippen LogP contribution is 2.37. The first kappa shape index (κ1) is 33.2. The van der Waals surface area contributed by atoms with E-state index in [0.29, 0.717) is 24.0 Å². The Morgan fingerprint density at radius 2 is 1.00 bits per heavy atom. The summed E-state index contributed by atoms with van der Waals surface area (Å²) in [5, 5.41) is 5.19. The number of ether oxygens (including phenoxy) is 2. The molecule has 2 amide bonds. The third-order valence-electron chi connectivity index (χ3n) is 5.57. The molecule has 2 aromatic carbocycles. The Morgan fingerprint density at radius 1 is 0.650 bits per heavy atom. The lowest BCUT2D eigenvalue weighted by Gasteiger charge is -2.13. The lowest BCUT2D eigenvalue weighted by molar-refractivity contribution is -0.124. The van der Waals surface area contributed by atoms with Gasteiger partial charge in [-0.15, -0.1) is 0 Å². The lowest BCUT2D eigenvalue weighted by Crippen LogP contribution is -2.38. The molecule has 40 heavy (non-hydrogen) atoms. The Kier molecular flexibility index (Phi) is 13.0. The molecule has 214 valence electrons. The molecule has 2 aromatic rings. The monoisotopic (exact) mass is 628 g/mol. The fraction of sp³-hybridized carbons (Fsp3) is 0.286. The van der Waals surface area contributed by atoms with Gasteiger partial charge in [-0.3, -0.25) is 19.2 Å². The first-order chi connectivity index (χ1) is 18.9. The maximum atomic E-state index is 12.3. The number of carbonyl (C=O) groups is 4. The molecule has 2 N–H and O–H groups in total. The van der Waals surface area contributed by atoms with Crippen molar-refractivity contribution in [1.29, 1.82) is 0 Å². The second-order valence-corrected chi connectivity index (χ2v) is 9.84. The van der Waals surface area contributed by atoms with E-state index in [4.69, 9.17) is 55.9 Å². The Balaban J connectivity index is 1.77. The second kappa shape index (κ2) is 15.7. The number of ketones is 2. The Morgan fingerprint density at radius 3 is 1.32 bits per heavy atom. The normalized spacial score (nSPS) is 10.4. The molecule has 0 spiro atoms. The molecule has 0 fully saturated rings. The zero-order valence-corrected chi connectivity index (χ0v) is 25.0. The van der Waals surface area contributed by atoms with Crippen LogP contribution in [-0.4, -0.2) is 49.7 Å². The van der Waals surface area contributed by atoms with E-state index in [-0.39, 0.29) is 80.6 Å². The summed E-state index contributed by atoms with van der Waals surface area (Å²) in [5.74, 6) is -1.31. The van der Waals surface area contributed by atoms with Crippen LogP contribution in [0.3, 0.4) is 0 Å². The number of hydrogen-bond acceptors (Lipinski definition) is 6. The first-order valence-corrected chi connectivity index (χ1v) is 13.6. The summed E-state index contributed by atoms with van der Waals surface area (Å²) >= 11 is 24.8. The summed E-state index contributed by atoms with van der Waals surface area (Å²) in [7, 11) is 0. The number of nitrogens with one attached hydrogen (secondary N) is 2. The lowest BCUT2D eigenvalue weighted by atomic mass is 10.0. The zero-order chi connectivity index (χ0) is 30.0. The molecule has 8 nitrogen and oxygen atoms in total. The summed E-state index contributed by atoms with van der Waals surface area (Å²) in [4.78, 5) is 48.8. The van der Waals surface area contributed by atoms with Crippen LogP contribution in [0.25, 0.3) is 0 Å². The van der Waals surface area contributed by atoms with Gasteiger partial charge in [-0.05, 0) is 48.3 Å². The van der Waals surface area contributed by atoms with Gasteiger partial charge in [0.05, 0.1) is 10.0 Å². The van der Waals surface area contributed by atoms with Crippen LogP contribution in [0.5, 0.6) is 11.5 Å². The van der Waals surface area contributed by atoms with Crippen LogP contribution in [0.15, 0.2) is 48.6 Å². The molecule has 0 aliphatic heterocycles. The van der Waals surface area contributed by atoms with Gasteiger partial charge >= 0.3 is 0 Å². The summed E-state index contributed by atoms with van der Waals surface area (Å²) in [6.45, 7) is 10.5. The highest BCUT2D eigenvalue weighted by molar-refractivity contribution is 6.46. The van der Waals surface area contributed by atoms with Crippen molar-refractivity contribution in [2.24, 2.45) is 0 Å². The summed E-state index contributed by atoms with van der Waals surface area (Å²) in [6.07, 6.45) is 0.935. The summed E-state index contributed by atoms with van der Waals surface area (Å²) in [6, 6.07) is 5.82. The van der Waals surface area contributed by atoms with Gasteiger partial charge in [0.15, 0.2) is 24.8 Å². The van der Waals surface area contributed by atoms with E-state index in [9.17, 15) is 19.2 Å². The molecule has 0 saturated carbocycles. The van der Waals surface area contributed by atoms with E-state index < -0.39 is 11.8 Å². The third-order valence-corrected chi connectivity index (χ3v) is 7.29. The molecule has 0 aliphatic rings. The largest absolute Gasteiger partial charge is 0.482 e. The van der Waals surface area contributed by atoms with E-state index >= 15 is 0 Å². The number of benzene rings is 2. The van der Waals surface area contributed by atoms with E-state index in [1.165, 1.54) is 24.3 Å². The van der Waals surface area contributed by atoms with Gasteiger partial charge in [0.2, 0.25) is 0 Å². The fourth-order valence-electron chi connectivity index (χ4n) is 3.13. The minimum atomic E-state index is -0.473. The number of carbonyl (C=O) groups excluding carboxylic acids is 4. The van der Waals surface area contributed by atoms with Crippen LogP contribution in [-0.2, 0) is 9.59 Å². The SMILES string of the molecule is C=C(CC)C(=O)c1ccc(OCC(=O)NCCNC(=O)COc2ccc(C(=O)C(=C)CC)c(Cl)c2Cl)c(Cl)c1Cl. The molecule has 0 atom stereocenters. The van der Waals surface area contributed by atoms with Crippen molar-refractivity contribution in [1.82, 2.24) is 10.6 Å². The average Bonchev–Trinajstić information content (AvgIpc) is 2.95. The first-order valence-electron chi connectivity index (χ1n) is 12.1. The van der Waals surface area contributed by atoms with Crippen LogP contribution in [0.4, 0.5) is 0 Å². The van der Waals surface area contributed by atoms with E-state index in [1.54, 1.807) is 13.8 Å². The maximum Gasteiger partial charge on any atom is 0.258 e. The van der Waals surface area contributed by atoms with E-state index in [0.717, 1.165) is 0 Å². The minimum absolute atomic E-state index is 0.00512. The number of amides is 2. The molecule has 0 bridgehead atoms. The molecule has 0 radical (unpaired) electrons. The minimum Gasteiger partial charge on any atom is -0.482 e. The standard InChI is InChI=1S/C28H28Cl4N2O6/c1-5-15(3)27(37)17-7-9-19(25(31)23(17)29)39-13-21(35)33-11-12-34-22(36)14-40-20-10-8-18(24(30)26(20)32)28(38)16(4)6-2/h7-10H,3-6,11-14H2,1-2H3,(H,33,35)(H,34,36). The van der Waals surface area contributed by atoms with Gasteiger partial charge in [0.25, 0.3) is 11.8 Å². The van der Waals surface area contributed by atoms with Crippen molar-refractivity contribution < 1.29 is 28.7 Å². The Bertz CT molecular complexity index is 1240. The molecule has 0 aliphatic carbocycles. The number of hydrogen-bond donors (Lipinski definition) is 2. The van der Waals surface area contributed by atoms with Crippen LogP contribution in [0.2, 0.25) is 20.1 Å². The van der Waals surface area contributed by atoms with E-state index in [1.807, 2.05) is 0 Å². The molecule has 0 saturated heterocycles. The molecule has 0 unspecified atom stereocenters. The molecule has 2 rings (SSSR count). The highest BCUT2D eigenvalue weighted by atomic mass is 35.5. The zero-order valence-electron chi connectivity index (χ0n) is 21.9. The van der Waals surface area contributed by atoms with Crippen LogP contribution in [0, 0.1) is 0 Å². The maximum absolute atomic E-state index is 12.3. The average molecular weight is 630 g/mol. The number of rotatable bonds is 15. The van der Waals surface area contributed by atoms with Crippen molar-refractivity contribution >= 4 is 69.8 Å². The second-order valence-electron chi connectivity index (χ2n) is 8.33. The van der Waals surface area contributed by atoms with Crippen LogP contribution in [0.1, 0.15) is 47.4 Å². The fourth-order valence-corrected chi connectivity index (χ4v) is 4.05. The van der Waals surface area contributed by atoms with Gasteiger partial charge in [0.1, 0.15) is 21.5 Å². The smallest absolute Gasteiger partial charge is 0.258 e. The molecule has 0 aromatic heterocycles. The number of halogens is 4. The van der Waals surface area contributed by atoms with Crippen molar-refractivity contribution in [2.75, 3.05) is 26.3 Å². The molecular weight excluding hydrogens is 602 g/mol. The summed E-state index contributed by atoms with van der Waals surface area (Å²) in [5.41, 5.74) is 1.18. The quantitative estimate of drug-likeness (QED) is 0.136. The van der Waals surface area contributed by atoms with Crippen molar-refractivity contribution in [3.05, 3.63) is 79.8 Å². The van der Waals surface area contributed by atoms with Crippen molar-refractivity contribution in [2.45, 2.75) is 26.7 Å². The predicted molar refractivity (Wildman–Crippen MR) is 157 cm³/mol. The molecular formula is C28H28Cl4N2O6. The molecule has 12 heteroatoms.